The average Bonchev–Trinajstić information content (AvgIpc) is 2.73. The van der Waals surface area contributed by atoms with Gasteiger partial charge in [-0.2, -0.15) is 13.2 Å². The Morgan fingerprint density at radius 2 is 1.69 bits per heavy atom. The molecule has 194 valence electrons. The summed E-state index contributed by atoms with van der Waals surface area (Å²) in [5.74, 6) is -7.72. The number of halogens is 4. The van der Waals surface area contributed by atoms with Crippen LogP contribution < -0.4 is 4.74 Å². The van der Waals surface area contributed by atoms with E-state index in [2.05, 4.69) is 0 Å². The van der Waals surface area contributed by atoms with Crippen LogP contribution in [-0.2, 0) is 20.5 Å². The monoisotopic (exact) mass is 531 g/mol. The minimum Gasteiger partial charge on any atom is -0.480 e. The zero-order chi connectivity index (χ0) is 27.6. The summed E-state index contributed by atoms with van der Waals surface area (Å²) in [5.41, 5.74) is -3.25. The maximum Gasteiger partial charge on any atom is 0.416 e. The molecule has 13 heteroatoms. The summed E-state index contributed by atoms with van der Waals surface area (Å²) in [5, 5.41) is 20.6. The number of benzene rings is 2. The second kappa shape index (κ2) is 10.5. The summed E-state index contributed by atoms with van der Waals surface area (Å²) in [6.45, 7) is 6.62. The van der Waals surface area contributed by atoms with Crippen molar-refractivity contribution in [2.45, 2.75) is 40.0 Å². The number of aliphatic carboxylic acids is 1. The first-order valence-corrected chi connectivity index (χ1v) is 10.6. The van der Waals surface area contributed by atoms with E-state index in [0.717, 1.165) is 24.3 Å². The Bertz CT molecular complexity index is 1210. The molecule has 0 aromatic heterocycles. The molecule has 0 aliphatic heterocycles. The van der Waals surface area contributed by atoms with Crippen molar-refractivity contribution >= 4 is 35.0 Å². The molecule has 2 unspecified atom stereocenters. The Morgan fingerprint density at radius 3 is 2.17 bits per heavy atom. The molecule has 0 saturated heterocycles. The Labute approximate surface area is 207 Å². The van der Waals surface area contributed by atoms with Crippen LogP contribution in [0.15, 0.2) is 36.4 Å². The van der Waals surface area contributed by atoms with Gasteiger partial charge in [-0.25, -0.2) is 0 Å². The number of carboxylic acids is 1. The van der Waals surface area contributed by atoms with Crippen molar-refractivity contribution in [2.75, 3.05) is 0 Å². The van der Waals surface area contributed by atoms with Crippen LogP contribution in [0.1, 0.15) is 43.6 Å². The number of nitro benzene ring substituents is 1. The molecule has 0 fully saturated rings. The van der Waals surface area contributed by atoms with Crippen molar-refractivity contribution < 1.29 is 47.1 Å². The number of rotatable bonds is 8. The number of Topliss-reactive ketones (excluding diaryl/α,β-unsaturated/α-hetero) is 1. The highest BCUT2D eigenvalue weighted by molar-refractivity contribution is 6.32. The van der Waals surface area contributed by atoms with Gasteiger partial charge in [-0.3, -0.25) is 24.5 Å². The van der Waals surface area contributed by atoms with Gasteiger partial charge in [0, 0.05) is 6.07 Å². The summed E-state index contributed by atoms with van der Waals surface area (Å²) in [6, 6.07) is 4.83. The van der Waals surface area contributed by atoms with Crippen LogP contribution >= 0.6 is 11.6 Å². The van der Waals surface area contributed by atoms with E-state index in [0.29, 0.717) is 12.1 Å². The molecule has 1 N–H and O–H groups in total. The van der Waals surface area contributed by atoms with Gasteiger partial charge in [-0.15, -0.1) is 0 Å². The van der Waals surface area contributed by atoms with Crippen LogP contribution in [0.4, 0.5) is 18.9 Å². The Hall–Kier alpha value is -3.67. The van der Waals surface area contributed by atoms with Gasteiger partial charge in [-0.1, -0.05) is 32.4 Å². The first-order valence-electron chi connectivity index (χ1n) is 10.2. The van der Waals surface area contributed by atoms with E-state index in [-0.39, 0.29) is 11.5 Å². The van der Waals surface area contributed by atoms with Crippen molar-refractivity contribution in [1.29, 1.82) is 0 Å². The molecule has 9 nitrogen and oxygen atoms in total. The van der Waals surface area contributed by atoms with Crippen LogP contribution in [-0.4, -0.2) is 33.9 Å². The van der Waals surface area contributed by atoms with Crippen molar-refractivity contribution in [3.8, 4) is 11.5 Å². The van der Waals surface area contributed by atoms with Crippen LogP contribution in [0.2, 0.25) is 5.02 Å². The minimum absolute atomic E-state index is 0.273. The molecule has 0 amide bonds. The van der Waals surface area contributed by atoms with Crippen LogP contribution in [0.5, 0.6) is 11.5 Å². The lowest BCUT2D eigenvalue weighted by Gasteiger charge is -2.27. The molecule has 2 rings (SSSR count). The lowest BCUT2D eigenvalue weighted by atomic mass is 9.90. The third-order valence-corrected chi connectivity index (χ3v) is 5.47. The predicted octanol–water partition coefficient (Wildman–Crippen LogP) is 5.92. The summed E-state index contributed by atoms with van der Waals surface area (Å²) < 4.78 is 49.0. The molecule has 0 radical (unpaired) electrons. The molecule has 0 heterocycles. The molecule has 2 aromatic carbocycles. The normalized spacial score (nSPS) is 13.4. The van der Waals surface area contributed by atoms with E-state index in [1.807, 2.05) is 0 Å². The van der Waals surface area contributed by atoms with Gasteiger partial charge in [-0.05, 0) is 42.7 Å². The van der Waals surface area contributed by atoms with Gasteiger partial charge in [0.15, 0.2) is 5.78 Å². The zero-order valence-corrected chi connectivity index (χ0v) is 20.1. The Kier molecular flexibility index (Phi) is 8.35. The van der Waals surface area contributed by atoms with Crippen molar-refractivity contribution in [3.05, 3.63) is 62.7 Å². The third-order valence-electron chi connectivity index (χ3n) is 5.17. The molecule has 0 aliphatic carbocycles. The maximum atomic E-state index is 13.0. The molecule has 0 spiro atoms. The first-order chi connectivity index (χ1) is 16.4. The number of nitro groups is 1. The van der Waals surface area contributed by atoms with E-state index < -0.39 is 68.1 Å². The number of carbonyl (C=O) groups is 3. The number of carbonyl (C=O) groups excluding carboxylic acids is 2. The standard InChI is InChI=1S/C23H21ClF3NO8/c1-11(22(2,3)4)35-21(32)18(20(30)31)19(29)14-10-13(6-7-16(14)28(33)34)36-17-8-5-12(9-15(17)24)23(25,26)27/h5-11,18H,1-4H3,(H,30,31). The van der Waals surface area contributed by atoms with Crippen LogP contribution in [0.3, 0.4) is 0 Å². The number of esters is 1. The molecule has 36 heavy (non-hydrogen) atoms. The Balaban J connectivity index is 2.47. The third kappa shape index (κ3) is 6.72. The van der Waals surface area contributed by atoms with Crippen molar-refractivity contribution in [1.82, 2.24) is 0 Å². The van der Waals surface area contributed by atoms with Gasteiger partial charge < -0.3 is 14.6 Å². The van der Waals surface area contributed by atoms with E-state index in [9.17, 15) is 42.8 Å². The lowest BCUT2D eigenvalue weighted by molar-refractivity contribution is -0.385. The van der Waals surface area contributed by atoms with E-state index in [1.165, 1.54) is 6.92 Å². The van der Waals surface area contributed by atoms with Crippen LogP contribution in [0, 0.1) is 21.4 Å². The fourth-order valence-corrected chi connectivity index (χ4v) is 2.94. The largest absolute Gasteiger partial charge is 0.480 e. The smallest absolute Gasteiger partial charge is 0.416 e. The summed E-state index contributed by atoms with van der Waals surface area (Å²) in [7, 11) is 0. The average molecular weight is 532 g/mol. The summed E-state index contributed by atoms with van der Waals surface area (Å²) in [6.07, 6.45) is -5.47. The van der Waals surface area contributed by atoms with E-state index >= 15 is 0 Å². The fraction of sp³-hybridized carbons (Fsp3) is 0.348. The molecule has 2 atom stereocenters. The van der Waals surface area contributed by atoms with E-state index in [4.69, 9.17) is 21.1 Å². The highest BCUT2D eigenvalue weighted by atomic mass is 35.5. The number of hydrogen-bond donors (Lipinski definition) is 1. The number of hydrogen-bond acceptors (Lipinski definition) is 7. The number of ether oxygens (including phenoxy) is 2. The molecule has 2 aromatic rings. The summed E-state index contributed by atoms with van der Waals surface area (Å²) in [4.78, 5) is 47.8. The zero-order valence-electron chi connectivity index (χ0n) is 19.4. The minimum atomic E-state index is -4.67. The lowest BCUT2D eigenvalue weighted by Crippen LogP contribution is -2.38. The second-order valence-electron chi connectivity index (χ2n) is 8.76. The maximum absolute atomic E-state index is 13.0. The molecular weight excluding hydrogens is 511 g/mol. The first kappa shape index (κ1) is 28.6. The molecule has 0 bridgehead atoms. The Morgan fingerprint density at radius 1 is 1.08 bits per heavy atom. The number of alkyl halides is 3. The van der Waals surface area contributed by atoms with Gasteiger partial charge >= 0.3 is 18.1 Å². The highest BCUT2D eigenvalue weighted by Crippen LogP contribution is 2.37. The van der Waals surface area contributed by atoms with Crippen LogP contribution in [0.25, 0.3) is 0 Å². The van der Waals surface area contributed by atoms with Crippen molar-refractivity contribution in [2.24, 2.45) is 11.3 Å². The quantitative estimate of drug-likeness (QED) is 0.146. The SMILES string of the molecule is CC(OC(=O)C(C(=O)O)C(=O)c1cc(Oc2ccc(C(F)(F)F)cc2Cl)ccc1[N+](=O)[O-])C(C)(C)C. The van der Waals surface area contributed by atoms with Gasteiger partial charge in [0.1, 0.15) is 23.2 Å². The number of carboxylic acid groups (broad SMARTS) is 1. The number of nitrogens with zero attached hydrogens (tertiary/aromatic N) is 1. The molecular formula is C23H21ClF3NO8. The van der Waals surface area contributed by atoms with Gasteiger partial charge in [0.25, 0.3) is 5.69 Å². The highest BCUT2D eigenvalue weighted by Gasteiger charge is 2.41. The molecule has 0 aliphatic rings. The topological polar surface area (TPSA) is 133 Å². The van der Waals surface area contributed by atoms with E-state index in [1.54, 1.807) is 20.8 Å². The van der Waals surface area contributed by atoms with Crippen molar-refractivity contribution in [3.63, 3.8) is 0 Å². The number of ketones is 1. The summed E-state index contributed by atoms with van der Waals surface area (Å²) >= 11 is 5.85. The van der Waals surface area contributed by atoms with Gasteiger partial charge in [0.2, 0.25) is 5.92 Å². The second-order valence-corrected chi connectivity index (χ2v) is 9.17. The molecule has 0 saturated carbocycles. The predicted molar refractivity (Wildman–Crippen MR) is 120 cm³/mol. The fourth-order valence-electron chi connectivity index (χ4n) is 2.72. The van der Waals surface area contributed by atoms with Gasteiger partial charge in [0.05, 0.1) is 15.5 Å².